The van der Waals surface area contributed by atoms with Gasteiger partial charge in [-0.25, -0.2) is 4.98 Å². The normalized spacial score (nSPS) is 16.6. The highest BCUT2D eigenvalue weighted by atomic mass is 32.1. The minimum absolute atomic E-state index is 0.239. The van der Waals surface area contributed by atoms with Gasteiger partial charge in [-0.1, -0.05) is 11.3 Å². The fraction of sp³-hybridized carbons (Fsp3) is 0.429. The number of aromatic nitrogens is 1. The number of ether oxygens (including phenoxy) is 1. The quantitative estimate of drug-likeness (QED) is 0.716. The third-order valence-electron chi connectivity index (χ3n) is 1.61. The summed E-state index contributed by atoms with van der Waals surface area (Å²) < 4.78 is 5.43. The van der Waals surface area contributed by atoms with E-state index in [1.165, 1.54) is 17.5 Å². The summed E-state index contributed by atoms with van der Waals surface area (Å²) in [6.45, 7) is 1.75. The van der Waals surface area contributed by atoms with E-state index in [9.17, 15) is 0 Å². The molecule has 0 bridgehead atoms. The summed E-state index contributed by atoms with van der Waals surface area (Å²) in [5.41, 5.74) is 0. The first-order valence-corrected chi connectivity index (χ1v) is 4.43. The molecule has 1 fully saturated rings. The molecule has 1 N–H and O–H groups in total. The maximum absolute atomic E-state index is 8.51. The van der Waals surface area contributed by atoms with Crippen LogP contribution in [0.5, 0.6) is 5.19 Å². The van der Waals surface area contributed by atoms with E-state index in [1.54, 1.807) is 0 Å². The number of hydrogen-bond acceptors (Lipinski definition) is 5. The lowest BCUT2D eigenvalue weighted by molar-refractivity contribution is 0.142. The first-order chi connectivity index (χ1) is 5.88. The molecule has 0 aliphatic carbocycles. The smallest absolute Gasteiger partial charge is 0.274 e. The van der Waals surface area contributed by atoms with E-state index in [1.807, 2.05) is 6.07 Å². The van der Waals surface area contributed by atoms with Gasteiger partial charge in [0.2, 0.25) is 0 Å². The van der Waals surface area contributed by atoms with Crippen molar-refractivity contribution in [3.63, 3.8) is 0 Å². The second-order valence-electron chi connectivity index (χ2n) is 2.50. The minimum atomic E-state index is 0.239. The van der Waals surface area contributed by atoms with Crippen molar-refractivity contribution in [1.29, 1.82) is 5.26 Å². The summed E-state index contributed by atoms with van der Waals surface area (Å²) in [7, 11) is 0. The molecular weight excluding hydrogens is 174 g/mol. The molecule has 0 spiro atoms. The molecule has 0 amide bonds. The Kier molecular flexibility index (Phi) is 1.94. The predicted molar refractivity (Wildman–Crippen MR) is 44.1 cm³/mol. The molecule has 0 atom stereocenters. The zero-order valence-electron chi connectivity index (χ0n) is 6.28. The fourth-order valence-electron chi connectivity index (χ4n) is 0.852. The van der Waals surface area contributed by atoms with Crippen molar-refractivity contribution in [2.45, 2.75) is 6.10 Å². The van der Waals surface area contributed by atoms with Crippen molar-refractivity contribution in [1.82, 2.24) is 10.3 Å². The Hall–Kier alpha value is -1.12. The molecule has 2 heterocycles. The highest BCUT2D eigenvalue weighted by Crippen LogP contribution is 2.21. The highest BCUT2D eigenvalue weighted by molar-refractivity contribution is 7.13. The van der Waals surface area contributed by atoms with Crippen LogP contribution in [0.1, 0.15) is 4.88 Å². The molecule has 1 saturated heterocycles. The molecule has 1 aromatic rings. The Labute approximate surface area is 73.8 Å². The molecule has 12 heavy (non-hydrogen) atoms. The average molecular weight is 181 g/mol. The van der Waals surface area contributed by atoms with Crippen molar-refractivity contribution in [2.75, 3.05) is 13.1 Å². The monoisotopic (exact) mass is 181 g/mol. The second kappa shape index (κ2) is 3.09. The van der Waals surface area contributed by atoms with E-state index < -0.39 is 0 Å². The Bertz CT molecular complexity index is 313. The number of rotatable bonds is 2. The fourth-order valence-corrected chi connectivity index (χ4v) is 1.48. The van der Waals surface area contributed by atoms with Gasteiger partial charge in [0.05, 0.1) is 6.20 Å². The number of nitrogens with zero attached hydrogens (tertiary/aromatic N) is 2. The lowest BCUT2D eigenvalue weighted by Gasteiger charge is -2.26. The molecule has 0 unspecified atom stereocenters. The van der Waals surface area contributed by atoms with Gasteiger partial charge in [0.25, 0.3) is 5.19 Å². The van der Waals surface area contributed by atoms with Crippen LogP contribution in [-0.2, 0) is 0 Å². The molecule has 2 rings (SSSR count). The largest absolute Gasteiger partial charge is 0.464 e. The van der Waals surface area contributed by atoms with Gasteiger partial charge in [0, 0.05) is 13.1 Å². The van der Waals surface area contributed by atoms with Gasteiger partial charge in [-0.2, -0.15) is 5.26 Å². The first-order valence-electron chi connectivity index (χ1n) is 3.62. The molecule has 0 aromatic carbocycles. The molecule has 1 aliphatic rings. The summed E-state index contributed by atoms with van der Waals surface area (Å²) in [6, 6.07) is 2.02. The Morgan fingerprint density at radius 3 is 3.08 bits per heavy atom. The van der Waals surface area contributed by atoms with Gasteiger partial charge in [0.15, 0.2) is 0 Å². The van der Waals surface area contributed by atoms with Crippen molar-refractivity contribution in [3.8, 4) is 11.3 Å². The van der Waals surface area contributed by atoms with Gasteiger partial charge in [0.1, 0.15) is 17.1 Å². The molecule has 1 aromatic heterocycles. The van der Waals surface area contributed by atoms with Crippen LogP contribution in [0.15, 0.2) is 6.20 Å². The summed E-state index contributed by atoms with van der Waals surface area (Å²) >= 11 is 1.29. The van der Waals surface area contributed by atoms with Gasteiger partial charge < -0.3 is 10.1 Å². The molecule has 0 saturated carbocycles. The summed E-state index contributed by atoms with van der Waals surface area (Å²) in [5.74, 6) is 0. The van der Waals surface area contributed by atoms with Gasteiger partial charge in [-0.15, -0.1) is 0 Å². The number of nitrogens with one attached hydrogen (secondary N) is 1. The number of thiazole rings is 1. The van der Waals surface area contributed by atoms with Crippen molar-refractivity contribution in [2.24, 2.45) is 0 Å². The van der Waals surface area contributed by atoms with E-state index >= 15 is 0 Å². The Morgan fingerprint density at radius 2 is 2.58 bits per heavy atom. The van der Waals surface area contributed by atoms with Crippen LogP contribution in [-0.4, -0.2) is 24.2 Å². The van der Waals surface area contributed by atoms with Crippen LogP contribution in [0.3, 0.4) is 0 Å². The van der Waals surface area contributed by atoms with E-state index in [-0.39, 0.29) is 6.10 Å². The van der Waals surface area contributed by atoms with E-state index in [0.717, 1.165) is 13.1 Å². The van der Waals surface area contributed by atoms with E-state index in [4.69, 9.17) is 10.00 Å². The van der Waals surface area contributed by atoms with Gasteiger partial charge in [-0.3, -0.25) is 0 Å². The SMILES string of the molecule is N#Cc1cnc(OC2CNC2)s1. The van der Waals surface area contributed by atoms with Gasteiger partial charge >= 0.3 is 0 Å². The average Bonchev–Trinajstić information content (AvgIpc) is 2.44. The zero-order valence-corrected chi connectivity index (χ0v) is 7.10. The number of nitriles is 1. The van der Waals surface area contributed by atoms with E-state index in [2.05, 4.69) is 10.3 Å². The highest BCUT2D eigenvalue weighted by Gasteiger charge is 2.19. The zero-order chi connectivity index (χ0) is 8.39. The maximum atomic E-state index is 8.51. The maximum Gasteiger partial charge on any atom is 0.274 e. The van der Waals surface area contributed by atoms with E-state index in [0.29, 0.717) is 10.1 Å². The van der Waals surface area contributed by atoms with Crippen LogP contribution < -0.4 is 10.1 Å². The minimum Gasteiger partial charge on any atom is -0.464 e. The topological polar surface area (TPSA) is 57.9 Å². The van der Waals surface area contributed by atoms with Crippen LogP contribution in [0.4, 0.5) is 0 Å². The lowest BCUT2D eigenvalue weighted by Crippen LogP contribution is -2.50. The Morgan fingerprint density at radius 1 is 1.75 bits per heavy atom. The number of hydrogen-bond donors (Lipinski definition) is 1. The van der Waals surface area contributed by atoms with Crippen LogP contribution in [0.25, 0.3) is 0 Å². The third-order valence-corrected chi connectivity index (χ3v) is 2.40. The predicted octanol–water partition coefficient (Wildman–Crippen LogP) is 0.365. The molecule has 5 heteroatoms. The third kappa shape index (κ3) is 1.40. The standard InChI is InChI=1S/C7H7N3OS/c8-1-6-4-10-7(12-6)11-5-2-9-3-5/h4-5,9H,2-3H2. The Balaban J connectivity index is 1.99. The first kappa shape index (κ1) is 7.53. The summed E-state index contributed by atoms with van der Waals surface area (Å²) in [4.78, 5) is 4.55. The van der Waals surface area contributed by atoms with Crippen LogP contribution >= 0.6 is 11.3 Å². The molecule has 1 aliphatic heterocycles. The molecular formula is C7H7N3OS. The van der Waals surface area contributed by atoms with Crippen molar-refractivity contribution in [3.05, 3.63) is 11.1 Å². The van der Waals surface area contributed by atoms with Crippen molar-refractivity contribution >= 4 is 11.3 Å². The summed E-state index contributed by atoms with van der Waals surface area (Å²) in [5, 5.41) is 12.2. The molecule has 0 radical (unpaired) electrons. The summed E-state index contributed by atoms with van der Waals surface area (Å²) in [6.07, 6.45) is 1.77. The second-order valence-corrected chi connectivity index (χ2v) is 3.49. The van der Waals surface area contributed by atoms with Gasteiger partial charge in [-0.05, 0) is 0 Å². The molecule has 4 nitrogen and oxygen atoms in total. The van der Waals surface area contributed by atoms with Crippen LogP contribution in [0, 0.1) is 11.3 Å². The van der Waals surface area contributed by atoms with Crippen molar-refractivity contribution < 1.29 is 4.74 Å². The van der Waals surface area contributed by atoms with Crippen LogP contribution in [0.2, 0.25) is 0 Å². The lowest BCUT2D eigenvalue weighted by atomic mass is 10.2. The molecule has 62 valence electrons.